The monoisotopic (exact) mass is 480 g/mol. The van der Waals surface area contributed by atoms with Crippen LogP contribution in [0.4, 0.5) is 5.69 Å². The predicted octanol–water partition coefficient (Wildman–Crippen LogP) is 6.16. The summed E-state index contributed by atoms with van der Waals surface area (Å²) in [4.78, 5) is 14.3. The van der Waals surface area contributed by atoms with E-state index in [1.807, 2.05) is 24.3 Å². The summed E-state index contributed by atoms with van der Waals surface area (Å²) in [5.74, 6) is 0.771. The molecule has 0 bridgehead atoms. The second-order valence-electron chi connectivity index (χ2n) is 9.41. The van der Waals surface area contributed by atoms with E-state index in [1.165, 1.54) is 5.69 Å². The number of anilines is 1. The van der Waals surface area contributed by atoms with Crippen molar-refractivity contribution in [3.8, 4) is 28.0 Å². The van der Waals surface area contributed by atoms with Gasteiger partial charge in [0.2, 0.25) is 0 Å². The number of nitrogens with zero attached hydrogens (tertiary/aromatic N) is 1. The number of nitrogens with one attached hydrogen (secondary N) is 1. The Bertz CT molecular complexity index is 1370. The van der Waals surface area contributed by atoms with E-state index < -0.39 is 0 Å². The molecule has 1 saturated heterocycles. The maximum Gasteiger partial charge on any atom is 0.251 e. The van der Waals surface area contributed by atoms with Crippen LogP contribution < -0.4 is 15.0 Å². The molecule has 5 nitrogen and oxygen atoms in total. The Balaban J connectivity index is 1.50. The summed E-state index contributed by atoms with van der Waals surface area (Å²) in [6.45, 7) is 6.05. The molecule has 1 fully saturated rings. The molecule has 4 aromatic carbocycles. The van der Waals surface area contributed by atoms with E-state index in [9.17, 15) is 4.79 Å². The molecule has 1 aliphatic rings. The molecule has 1 heterocycles. The van der Waals surface area contributed by atoms with Gasteiger partial charge in [-0.1, -0.05) is 48.5 Å². The molecule has 0 spiro atoms. The maximum atomic E-state index is 11.9. The molecule has 1 aliphatic heterocycles. The van der Waals surface area contributed by atoms with Crippen LogP contribution in [0.25, 0.3) is 33.0 Å². The van der Waals surface area contributed by atoms with Crippen LogP contribution in [0, 0.1) is 0 Å². The van der Waals surface area contributed by atoms with E-state index in [1.54, 1.807) is 14.2 Å². The smallest absolute Gasteiger partial charge is 0.251 e. The van der Waals surface area contributed by atoms with Crippen LogP contribution >= 0.6 is 0 Å². The van der Waals surface area contributed by atoms with Gasteiger partial charge in [-0.25, -0.2) is 0 Å². The quantitative estimate of drug-likeness (QED) is 0.372. The van der Waals surface area contributed by atoms with Crippen LogP contribution in [0.5, 0.6) is 5.75 Å². The van der Waals surface area contributed by atoms with E-state index >= 15 is 0 Å². The lowest BCUT2D eigenvalue weighted by molar-refractivity contribution is -0.00521. The summed E-state index contributed by atoms with van der Waals surface area (Å²) >= 11 is 0. The molecule has 0 saturated carbocycles. The normalized spacial score (nSPS) is 17.7. The second-order valence-corrected chi connectivity index (χ2v) is 9.41. The maximum absolute atomic E-state index is 11.9. The summed E-state index contributed by atoms with van der Waals surface area (Å²) in [5.41, 5.74) is 6.20. The predicted molar refractivity (Wildman–Crippen MR) is 147 cm³/mol. The minimum absolute atomic E-state index is 0.0885. The summed E-state index contributed by atoms with van der Waals surface area (Å²) in [6.07, 6.45) is 0.450. The zero-order valence-corrected chi connectivity index (χ0v) is 21.2. The van der Waals surface area contributed by atoms with Crippen LogP contribution in [0.3, 0.4) is 0 Å². The van der Waals surface area contributed by atoms with Crippen molar-refractivity contribution in [2.45, 2.75) is 26.1 Å². The van der Waals surface area contributed by atoms with Gasteiger partial charge in [-0.2, -0.15) is 0 Å². The third-order valence-corrected chi connectivity index (χ3v) is 6.86. The summed E-state index contributed by atoms with van der Waals surface area (Å²) in [6, 6.07) is 27.0. The fraction of sp³-hybridized carbons (Fsp3) is 0.258. The van der Waals surface area contributed by atoms with Crippen molar-refractivity contribution in [3.05, 3.63) is 84.4 Å². The number of amides is 1. The van der Waals surface area contributed by atoms with Gasteiger partial charge in [0.15, 0.2) is 0 Å². The van der Waals surface area contributed by atoms with Gasteiger partial charge in [0, 0.05) is 42.3 Å². The van der Waals surface area contributed by atoms with E-state index in [0.29, 0.717) is 5.56 Å². The first-order valence-electron chi connectivity index (χ1n) is 12.4. The molecule has 0 radical (unpaired) electrons. The SMILES string of the molecule is CNC(=O)c1ccc(-c2cccc3c(OC)c(-c4ccc(N5CC(C)O[C@H](C)C5)cc4)ccc23)cc1. The number of hydrogen-bond acceptors (Lipinski definition) is 4. The third-order valence-electron chi connectivity index (χ3n) is 6.86. The van der Waals surface area contributed by atoms with Crippen LogP contribution in [0.15, 0.2) is 78.9 Å². The zero-order chi connectivity index (χ0) is 25.2. The van der Waals surface area contributed by atoms with E-state index in [2.05, 4.69) is 78.7 Å². The average molecular weight is 481 g/mol. The lowest BCUT2D eigenvalue weighted by Gasteiger charge is -2.36. The molecule has 184 valence electrons. The Hall–Kier alpha value is -3.83. The Kier molecular flexibility index (Phi) is 6.66. The Labute approximate surface area is 212 Å². The molecular weight excluding hydrogens is 448 g/mol. The van der Waals surface area contributed by atoms with Gasteiger partial charge in [0.25, 0.3) is 5.91 Å². The molecule has 1 N–H and O–H groups in total. The van der Waals surface area contributed by atoms with Gasteiger partial charge in [0.1, 0.15) is 5.75 Å². The van der Waals surface area contributed by atoms with Crippen LogP contribution in [-0.4, -0.2) is 45.4 Å². The first-order chi connectivity index (χ1) is 17.5. The highest BCUT2D eigenvalue weighted by atomic mass is 16.5. The highest BCUT2D eigenvalue weighted by Gasteiger charge is 2.22. The van der Waals surface area contributed by atoms with Crippen molar-refractivity contribution in [1.82, 2.24) is 5.32 Å². The first-order valence-corrected chi connectivity index (χ1v) is 12.4. The topological polar surface area (TPSA) is 50.8 Å². The van der Waals surface area contributed by atoms with Crippen molar-refractivity contribution in [1.29, 1.82) is 0 Å². The second kappa shape index (κ2) is 10.0. The van der Waals surface area contributed by atoms with Gasteiger partial charge in [0.05, 0.1) is 19.3 Å². The summed E-state index contributed by atoms with van der Waals surface area (Å²) < 4.78 is 11.9. The number of benzene rings is 4. The minimum atomic E-state index is -0.0885. The summed E-state index contributed by atoms with van der Waals surface area (Å²) in [7, 11) is 3.37. The molecule has 1 unspecified atom stereocenters. The number of hydrogen-bond donors (Lipinski definition) is 1. The molecule has 5 heteroatoms. The van der Waals surface area contributed by atoms with Crippen molar-refractivity contribution >= 4 is 22.4 Å². The van der Waals surface area contributed by atoms with Crippen LogP contribution in [0.2, 0.25) is 0 Å². The van der Waals surface area contributed by atoms with Gasteiger partial charge in [-0.3, -0.25) is 4.79 Å². The summed E-state index contributed by atoms with van der Waals surface area (Å²) in [5, 5.41) is 4.84. The van der Waals surface area contributed by atoms with Crippen molar-refractivity contribution in [3.63, 3.8) is 0 Å². The van der Waals surface area contributed by atoms with Crippen molar-refractivity contribution in [2.75, 3.05) is 32.1 Å². The van der Waals surface area contributed by atoms with E-state index in [4.69, 9.17) is 9.47 Å². The van der Waals surface area contributed by atoms with Gasteiger partial charge >= 0.3 is 0 Å². The van der Waals surface area contributed by atoms with Crippen LogP contribution in [0.1, 0.15) is 24.2 Å². The molecule has 4 aromatic rings. The number of methoxy groups -OCH3 is 1. The molecule has 1 amide bonds. The number of carbonyl (C=O) groups excluding carboxylic acids is 1. The zero-order valence-electron chi connectivity index (χ0n) is 21.2. The Morgan fingerprint density at radius 3 is 2.11 bits per heavy atom. The fourth-order valence-corrected chi connectivity index (χ4v) is 5.22. The Morgan fingerprint density at radius 1 is 0.833 bits per heavy atom. The van der Waals surface area contributed by atoms with Crippen molar-refractivity contribution < 1.29 is 14.3 Å². The lowest BCUT2D eigenvalue weighted by atomic mass is 9.93. The van der Waals surface area contributed by atoms with Gasteiger partial charge in [-0.05, 0) is 66.3 Å². The number of carbonyl (C=O) groups is 1. The van der Waals surface area contributed by atoms with Crippen molar-refractivity contribution in [2.24, 2.45) is 0 Å². The van der Waals surface area contributed by atoms with Gasteiger partial charge in [-0.15, -0.1) is 0 Å². The highest BCUT2D eigenvalue weighted by molar-refractivity contribution is 6.03. The number of morpholine rings is 1. The number of fused-ring (bicyclic) bond motifs is 1. The molecule has 0 aromatic heterocycles. The number of rotatable bonds is 5. The van der Waals surface area contributed by atoms with Gasteiger partial charge < -0.3 is 19.7 Å². The van der Waals surface area contributed by atoms with E-state index in [0.717, 1.165) is 51.9 Å². The largest absolute Gasteiger partial charge is 0.495 e. The third kappa shape index (κ3) is 4.54. The molecule has 5 rings (SSSR count). The Morgan fingerprint density at radius 2 is 1.47 bits per heavy atom. The lowest BCUT2D eigenvalue weighted by Crippen LogP contribution is -2.45. The van der Waals surface area contributed by atoms with E-state index in [-0.39, 0.29) is 18.1 Å². The standard InChI is InChI=1S/C31H32N2O3/c1-20-18-33(19-21(2)36-20)25-14-12-23(13-15-25)27-16-17-28-26(6-5-7-29(28)30(27)35-4)22-8-10-24(11-9-22)31(34)32-3/h5-17,20-21H,18-19H2,1-4H3,(H,32,34)/t20-,21?/m1/s1. The average Bonchev–Trinajstić information content (AvgIpc) is 2.91. The fourth-order valence-electron chi connectivity index (χ4n) is 5.22. The molecule has 36 heavy (non-hydrogen) atoms. The minimum Gasteiger partial charge on any atom is -0.495 e. The molecular formula is C31H32N2O3. The molecule has 2 atom stereocenters. The molecule has 0 aliphatic carbocycles. The number of ether oxygens (including phenoxy) is 2. The first kappa shape index (κ1) is 23.9. The highest BCUT2D eigenvalue weighted by Crippen LogP contribution is 2.40. The van der Waals surface area contributed by atoms with Crippen LogP contribution in [-0.2, 0) is 4.74 Å².